The Kier molecular flexibility index (Phi) is 5.58. The molecule has 0 aromatic rings. The molecule has 0 aliphatic heterocycles. The molecule has 0 radical (unpaired) electrons. The third-order valence-electron chi connectivity index (χ3n) is 2.23. The minimum absolute atomic E-state index is 0.0331. The molecule has 0 rings (SSSR count). The molecule has 0 aliphatic rings. The molecule has 0 aromatic heterocycles. The van der Waals surface area contributed by atoms with Crippen molar-refractivity contribution < 1.29 is 9.53 Å². The van der Waals surface area contributed by atoms with E-state index in [2.05, 4.69) is 32.3 Å². The van der Waals surface area contributed by atoms with E-state index in [-0.39, 0.29) is 17.5 Å². The first kappa shape index (κ1) is 14.2. The van der Waals surface area contributed by atoms with Gasteiger partial charge in [-0.25, -0.2) is 4.79 Å². The Balaban J connectivity index is 4.32. The quantitative estimate of drug-likeness (QED) is 0.517. The van der Waals surface area contributed by atoms with E-state index in [9.17, 15) is 4.79 Å². The zero-order valence-electron chi connectivity index (χ0n) is 10.5. The van der Waals surface area contributed by atoms with Gasteiger partial charge in [0.15, 0.2) is 0 Å². The van der Waals surface area contributed by atoms with Crippen LogP contribution in [0.3, 0.4) is 0 Å². The fraction of sp³-hybridized carbons (Fsp3) is 0.750. The monoisotopic (exact) mass is 213 g/mol. The number of hydrogen-bond donors (Lipinski definition) is 0. The summed E-state index contributed by atoms with van der Waals surface area (Å²) in [7, 11) is 4.02. The molecule has 0 fully saturated rings. The third-order valence-corrected chi connectivity index (χ3v) is 2.23. The molecule has 3 heteroatoms. The highest BCUT2D eigenvalue weighted by molar-refractivity contribution is 5.81. The van der Waals surface area contributed by atoms with E-state index in [1.165, 1.54) is 6.08 Å². The van der Waals surface area contributed by atoms with Crippen LogP contribution in [-0.2, 0) is 9.53 Å². The Bertz CT molecular complexity index is 216. The molecule has 3 nitrogen and oxygen atoms in total. The summed E-state index contributed by atoms with van der Waals surface area (Å²) in [5.74, 6) is -0.339. The molecule has 0 aliphatic carbocycles. The first-order valence-electron chi connectivity index (χ1n) is 5.25. The Morgan fingerprint density at radius 2 is 2.00 bits per heavy atom. The second-order valence-electron chi connectivity index (χ2n) is 5.09. The Morgan fingerprint density at radius 1 is 1.47 bits per heavy atom. The smallest absolute Gasteiger partial charge is 0.330 e. The summed E-state index contributed by atoms with van der Waals surface area (Å²) in [5, 5.41) is 0. The fourth-order valence-electron chi connectivity index (χ4n) is 1.23. The average Bonchev–Trinajstić information content (AvgIpc) is 2.09. The van der Waals surface area contributed by atoms with Gasteiger partial charge in [0.1, 0.15) is 6.10 Å². The molecule has 0 saturated carbocycles. The maximum Gasteiger partial charge on any atom is 0.330 e. The first-order chi connectivity index (χ1) is 6.77. The van der Waals surface area contributed by atoms with Crippen molar-refractivity contribution in [1.82, 2.24) is 4.90 Å². The predicted molar refractivity (Wildman–Crippen MR) is 62.7 cm³/mol. The lowest BCUT2D eigenvalue weighted by Crippen LogP contribution is -2.34. The van der Waals surface area contributed by atoms with E-state index in [0.717, 1.165) is 13.0 Å². The van der Waals surface area contributed by atoms with Crippen LogP contribution in [-0.4, -0.2) is 37.6 Å². The van der Waals surface area contributed by atoms with Gasteiger partial charge in [0.25, 0.3) is 0 Å². The summed E-state index contributed by atoms with van der Waals surface area (Å²) < 4.78 is 5.33. The molecule has 0 N–H and O–H groups in total. The number of esters is 1. The molecule has 0 bridgehead atoms. The van der Waals surface area contributed by atoms with Crippen molar-refractivity contribution in [3.63, 3.8) is 0 Å². The van der Waals surface area contributed by atoms with Crippen molar-refractivity contribution in [1.29, 1.82) is 0 Å². The zero-order valence-corrected chi connectivity index (χ0v) is 10.5. The van der Waals surface area contributed by atoms with Crippen molar-refractivity contribution in [3.8, 4) is 0 Å². The van der Waals surface area contributed by atoms with Gasteiger partial charge in [0, 0.05) is 12.6 Å². The maximum atomic E-state index is 11.2. The van der Waals surface area contributed by atoms with Gasteiger partial charge in [-0.2, -0.15) is 0 Å². The highest BCUT2D eigenvalue weighted by Gasteiger charge is 2.27. The molecule has 1 atom stereocenters. The van der Waals surface area contributed by atoms with Crippen LogP contribution in [0.15, 0.2) is 12.7 Å². The van der Waals surface area contributed by atoms with Crippen LogP contribution in [0.5, 0.6) is 0 Å². The van der Waals surface area contributed by atoms with E-state index >= 15 is 0 Å². The molecule has 88 valence electrons. The van der Waals surface area contributed by atoms with Crippen molar-refractivity contribution in [2.75, 3.05) is 20.6 Å². The van der Waals surface area contributed by atoms with Gasteiger partial charge >= 0.3 is 5.97 Å². The van der Waals surface area contributed by atoms with Gasteiger partial charge in [-0.15, -0.1) is 0 Å². The van der Waals surface area contributed by atoms with Gasteiger partial charge in [0.05, 0.1) is 0 Å². The Hall–Kier alpha value is -0.830. The van der Waals surface area contributed by atoms with Gasteiger partial charge in [-0.05, 0) is 25.9 Å². The van der Waals surface area contributed by atoms with Crippen LogP contribution >= 0.6 is 0 Å². The van der Waals surface area contributed by atoms with Crippen LogP contribution in [0.4, 0.5) is 0 Å². The lowest BCUT2D eigenvalue weighted by molar-refractivity contribution is -0.149. The molecular weight excluding hydrogens is 190 g/mol. The van der Waals surface area contributed by atoms with E-state index < -0.39 is 0 Å². The van der Waals surface area contributed by atoms with Gasteiger partial charge in [-0.3, -0.25) is 0 Å². The summed E-state index contributed by atoms with van der Waals surface area (Å²) >= 11 is 0. The number of rotatable bonds is 5. The summed E-state index contributed by atoms with van der Waals surface area (Å²) in [6, 6.07) is 0. The Labute approximate surface area is 93.1 Å². The molecule has 0 aromatic carbocycles. The predicted octanol–water partition coefficient (Wildman–Crippen LogP) is 2.08. The molecule has 0 heterocycles. The van der Waals surface area contributed by atoms with E-state index in [1.54, 1.807) is 0 Å². The third kappa shape index (κ3) is 6.28. The summed E-state index contributed by atoms with van der Waals surface area (Å²) in [4.78, 5) is 13.2. The minimum atomic E-state index is -0.339. The fourth-order valence-corrected chi connectivity index (χ4v) is 1.23. The van der Waals surface area contributed by atoms with Crippen LogP contribution in [0.2, 0.25) is 0 Å². The topological polar surface area (TPSA) is 29.5 Å². The summed E-state index contributed by atoms with van der Waals surface area (Å²) in [6.07, 6.45) is 2.00. The van der Waals surface area contributed by atoms with Crippen LogP contribution < -0.4 is 0 Å². The highest BCUT2D eigenvalue weighted by Crippen LogP contribution is 2.25. The lowest BCUT2D eigenvalue weighted by atomic mass is 9.87. The van der Waals surface area contributed by atoms with E-state index in [4.69, 9.17) is 4.74 Å². The molecule has 15 heavy (non-hydrogen) atoms. The maximum absolute atomic E-state index is 11.2. The van der Waals surface area contributed by atoms with Crippen molar-refractivity contribution in [3.05, 3.63) is 12.7 Å². The number of carbonyl (C=O) groups excluding carboxylic acids is 1. The van der Waals surface area contributed by atoms with Crippen molar-refractivity contribution in [2.24, 2.45) is 5.41 Å². The number of ether oxygens (including phenoxy) is 1. The molecule has 0 spiro atoms. The SMILES string of the molecule is C=CC(=O)OC(CCN(C)C)C(C)(C)C. The van der Waals surface area contributed by atoms with Gasteiger partial charge < -0.3 is 9.64 Å². The minimum Gasteiger partial charge on any atom is -0.459 e. The summed E-state index contributed by atoms with van der Waals surface area (Å²) in [5.41, 5.74) is -0.0331. The largest absolute Gasteiger partial charge is 0.459 e. The first-order valence-corrected chi connectivity index (χ1v) is 5.25. The molecule has 1 unspecified atom stereocenters. The Morgan fingerprint density at radius 3 is 2.33 bits per heavy atom. The molecular formula is C12H23NO2. The lowest BCUT2D eigenvalue weighted by Gasteiger charge is -2.30. The number of carbonyl (C=O) groups is 1. The van der Waals surface area contributed by atoms with Crippen LogP contribution in [0.25, 0.3) is 0 Å². The van der Waals surface area contributed by atoms with E-state index in [1.807, 2.05) is 14.1 Å². The normalized spacial score (nSPS) is 13.7. The molecule has 0 saturated heterocycles. The summed E-state index contributed by atoms with van der Waals surface area (Å²) in [6.45, 7) is 10.5. The number of hydrogen-bond acceptors (Lipinski definition) is 3. The standard InChI is InChI=1S/C12H23NO2/c1-7-11(14)15-10(12(2,3)4)8-9-13(5)6/h7,10H,1,8-9H2,2-6H3. The van der Waals surface area contributed by atoms with Crippen molar-refractivity contribution in [2.45, 2.75) is 33.3 Å². The number of nitrogens with zero attached hydrogens (tertiary/aromatic N) is 1. The van der Waals surface area contributed by atoms with Crippen LogP contribution in [0, 0.1) is 5.41 Å². The average molecular weight is 213 g/mol. The van der Waals surface area contributed by atoms with Crippen molar-refractivity contribution >= 4 is 5.97 Å². The molecule has 0 amide bonds. The van der Waals surface area contributed by atoms with E-state index in [0.29, 0.717) is 0 Å². The highest BCUT2D eigenvalue weighted by atomic mass is 16.5. The van der Waals surface area contributed by atoms with Gasteiger partial charge in [-0.1, -0.05) is 27.4 Å². The second-order valence-corrected chi connectivity index (χ2v) is 5.09. The second kappa shape index (κ2) is 5.91. The zero-order chi connectivity index (χ0) is 12.1. The van der Waals surface area contributed by atoms with Crippen LogP contribution in [0.1, 0.15) is 27.2 Å². The van der Waals surface area contributed by atoms with Gasteiger partial charge in [0.2, 0.25) is 0 Å².